The van der Waals surface area contributed by atoms with Gasteiger partial charge in [-0.1, -0.05) is 42.8 Å². The molecule has 1 aliphatic heterocycles. The number of amides is 2. The first-order chi connectivity index (χ1) is 13.2. The number of ether oxygens (including phenoxy) is 1. The van der Waals surface area contributed by atoms with Crippen molar-refractivity contribution >= 4 is 34.8 Å². The van der Waals surface area contributed by atoms with Gasteiger partial charge >= 0.3 is 6.36 Å². The first-order valence-electron chi connectivity index (χ1n) is 8.40. The number of imide groups is 1. The molecule has 0 saturated heterocycles. The van der Waals surface area contributed by atoms with Crippen molar-refractivity contribution in [3.8, 4) is 5.75 Å². The number of carbonyl (C=O) groups excluding carboxylic acids is 2. The summed E-state index contributed by atoms with van der Waals surface area (Å²) in [5, 5.41) is 0. The monoisotopic (exact) mass is 407 g/mol. The van der Waals surface area contributed by atoms with Gasteiger partial charge in [-0.05, 0) is 30.4 Å². The van der Waals surface area contributed by atoms with E-state index in [-0.39, 0.29) is 16.2 Å². The van der Waals surface area contributed by atoms with Gasteiger partial charge in [-0.3, -0.25) is 9.59 Å². The highest BCUT2D eigenvalue weighted by Crippen LogP contribution is 2.39. The summed E-state index contributed by atoms with van der Waals surface area (Å²) in [7, 11) is 0. The summed E-state index contributed by atoms with van der Waals surface area (Å²) < 4.78 is 41.4. The van der Waals surface area contributed by atoms with Crippen molar-refractivity contribution in [3.63, 3.8) is 0 Å². The Balaban J connectivity index is 2.02. The van der Waals surface area contributed by atoms with Gasteiger partial charge in [0.2, 0.25) is 0 Å². The number of carbonyl (C=O) groups is 2. The minimum Gasteiger partial charge on any atom is -0.406 e. The van der Waals surface area contributed by atoms with Crippen LogP contribution in [-0.4, -0.2) is 23.9 Å². The molecule has 2 aromatic carbocycles. The number of nitrogens with zero attached hydrogens (tertiary/aromatic N) is 1. The molecule has 0 N–H and O–H groups in total. The average Bonchev–Trinajstić information content (AvgIpc) is 2.85. The largest absolute Gasteiger partial charge is 0.573 e. The van der Waals surface area contributed by atoms with Crippen LogP contribution in [0.5, 0.6) is 5.75 Å². The van der Waals surface area contributed by atoms with E-state index in [4.69, 9.17) is 0 Å². The maximum absolute atomic E-state index is 13.1. The molecule has 0 radical (unpaired) electrons. The maximum Gasteiger partial charge on any atom is 0.573 e. The molecule has 28 heavy (non-hydrogen) atoms. The van der Waals surface area contributed by atoms with Crippen LogP contribution in [0.4, 0.5) is 18.9 Å². The maximum atomic E-state index is 13.1. The summed E-state index contributed by atoms with van der Waals surface area (Å²) in [5.41, 5.74) is 1.86. The van der Waals surface area contributed by atoms with Crippen LogP contribution < -0.4 is 9.64 Å². The van der Waals surface area contributed by atoms with Crippen LogP contribution in [0, 0.1) is 6.92 Å². The molecule has 2 amide bonds. The van der Waals surface area contributed by atoms with E-state index >= 15 is 0 Å². The van der Waals surface area contributed by atoms with Crippen molar-refractivity contribution in [1.82, 2.24) is 0 Å². The van der Waals surface area contributed by atoms with E-state index in [2.05, 4.69) is 4.74 Å². The molecule has 0 spiro atoms. The van der Waals surface area contributed by atoms with Crippen molar-refractivity contribution < 1.29 is 27.5 Å². The van der Waals surface area contributed by atoms with Crippen molar-refractivity contribution in [2.75, 3.05) is 10.7 Å². The third kappa shape index (κ3) is 4.06. The number of rotatable bonds is 5. The quantitative estimate of drug-likeness (QED) is 0.660. The lowest BCUT2D eigenvalue weighted by atomic mass is 10.0. The molecule has 0 fully saturated rings. The molecule has 1 heterocycles. The topological polar surface area (TPSA) is 46.6 Å². The summed E-state index contributed by atoms with van der Waals surface area (Å²) >= 11 is 1.23. The molecule has 146 valence electrons. The number of thioether (sulfide) groups is 1. The molecule has 0 aromatic heterocycles. The minimum absolute atomic E-state index is 0.0214. The Labute approximate surface area is 164 Å². The second-order valence-corrected chi connectivity index (χ2v) is 7.27. The summed E-state index contributed by atoms with van der Waals surface area (Å²) in [6.45, 7) is 3.75. The van der Waals surface area contributed by atoms with Gasteiger partial charge in [0.25, 0.3) is 11.8 Å². The number of alkyl halides is 3. The Morgan fingerprint density at radius 3 is 2.32 bits per heavy atom. The van der Waals surface area contributed by atoms with Gasteiger partial charge in [0.05, 0.1) is 16.2 Å². The number of hydrogen-bond donors (Lipinski definition) is 0. The van der Waals surface area contributed by atoms with E-state index in [1.807, 2.05) is 26.0 Å². The second-order valence-electron chi connectivity index (χ2n) is 5.99. The Morgan fingerprint density at radius 1 is 1.04 bits per heavy atom. The molecule has 3 rings (SSSR count). The van der Waals surface area contributed by atoms with E-state index in [1.54, 1.807) is 12.1 Å². The molecule has 8 heteroatoms. The molecule has 0 bridgehead atoms. The first-order valence-corrected chi connectivity index (χ1v) is 9.38. The Bertz CT molecular complexity index is 952. The van der Waals surface area contributed by atoms with Crippen molar-refractivity contribution in [2.45, 2.75) is 20.2 Å². The highest BCUT2D eigenvalue weighted by Gasteiger charge is 2.40. The van der Waals surface area contributed by atoms with Crippen LogP contribution >= 0.6 is 11.8 Å². The molecule has 2 aromatic rings. The van der Waals surface area contributed by atoms with Crippen molar-refractivity contribution in [2.24, 2.45) is 0 Å². The molecule has 0 atom stereocenters. The Hall–Kier alpha value is -2.74. The van der Waals surface area contributed by atoms with Gasteiger partial charge in [-0.2, -0.15) is 0 Å². The van der Waals surface area contributed by atoms with Gasteiger partial charge in [-0.25, -0.2) is 4.90 Å². The summed E-state index contributed by atoms with van der Waals surface area (Å²) in [6, 6.07) is 12.0. The fraction of sp³-hybridized carbons (Fsp3) is 0.200. The average molecular weight is 407 g/mol. The van der Waals surface area contributed by atoms with Gasteiger partial charge in [-0.15, -0.1) is 24.9 Å². The zero-order valence-electron chi connectivity index (χ0n) is 15.0. The van der Waals surface area contributed by atoms with Crippen LogP contribution in [-0.2, 0) is 9.59 Å². The highest BCUT2D eigenvalue weighted by atomic mass is 32.2. The van der Waals surface area contributed by atoms with Crippen molar-refractivity contribution in [1.29, 1.82) is 0 Å². The summed E-state index contributed by atoms with van der Waals surface area (Å²) in [5.74, 6) is -1.07. The number of benzene rings is 2. The van der Waals surface area contributed by atoms with E-state index in [0.717, 1.165) is 22.6 Å². The first kappa shape index (κ1) is 20.0. The fourth-order valence-corrected chi connectivity index (χ4v) is 3.67. The fourth-order valence-electron chi connectivity index (χ4n) is 2.82. The number of anilines is 1. The SMILES string of the molecule is CCSC1=C(c2ccc(C)cc2)C(=O)N(c2cccc(OC(F)(F)F)c2)C1=O. The van der Waals surface area contributed by atoms with Crippen molar-refractivity contribution in [3.05, 3.63) is 64.6 Å². The molecule has 0 saturated carbocycles. The summed E-state index contributed by atoms with van der Waals surface area (Å²) in [4.78, 5) is 27.1. The Morgan fingerprint density at radius 2 is 1.71 bits per heavy atom. The van der Waals surface area contributed by atoms with E-state index < -0.39 is 23.9 Å². The van der Waals surface area contributed by atoms with E-state index in [0.29, 0.717) is 11.3 Å². The van der Waals surface area contributed by atoms with Crippen LogP contribution in [0.1, 0.15) is 18.1 Å². The van der Waals surface area contributed by atoms with Crippen LogP contribution in [0.15, 0.2) is 53.4 Å². The smallest absolute Gasteiger partial charge is 0.406 e. The molecular formula is C20H16F3NO3S. The third-order valence-corrected chi connectivity index (χ3v) is 4.94. The molecule has 0 aliphatic carbocycles. The lowest BCUT2D eigenvalue weighted by Gasteiger charge is -2.17. The second kappa shape index (κ2) is 7.71. The third-order valence-electron chi connectivity index (χ3n) is 3.98. The van der Waals surface area contributed by atoms with Gasteiger partial charge in [0, 0.05) is 6.07 Å². The number of aryl methyl sites for hydroxylation is 1. The van der Waals surface area contributed by atoms with Gasteiger partial charge in [0.1, 0.15) is 5.75 Å². The number of halogens is 3. The van der Waals surface area contributed by atoms with Crippen LogP contribution in [0.2, 0.25) is 0 Å². The standard InChI is InChI=1S/C20H16F3NO3S/c1-3-28-17-16(13-9-7-12(2)8-10-13)18(25)24(19(17)26)14-5-4-6-15(11-14)27-20(21,22)23/h4-11H,3H2,1-2H3. The van der Waals surface area contributed by atoms with E-state index in [9.17, 15) is 22.8 Å². The zero-order valence-corrected chi connectivity index (χ0v) is 15.9. The van der Waals surface area contributed by atoms with Crippen LogP contribution in [0.25, 0.3) is 5.57 Å². The van der Waals surface area contributed by atoms with E-state index in [1.165, 1.54) is 23.9 Å². The zero-order chi connectivity index (χ0) is 20.5. The predicted octanol–water partition coefficient (Wildman–Crippen LogP) is 4.93. The Kier molecular flexibility index (Phi) is 5.51. The normalized spacial score (nSPS) is 14.8. The lowest BCUT2D eigenvalue weighted by Crippen LogP contribution is -2.31. The van der Waals surface area contributed by atoms with Gasteiger partial charge in [0.15, 0.2) is 0 Å². The lowest BCUT2D eigenvalue weighted by molar-refractivity contribution is -0.274. The molecular weight excluding hydrogens is 391 g/mol. The van der Waals surface area contributed by atoms with Crippen LogP contribution in [0.3, 0.4) is 0 Å². The predicted molar refractivity (Wildman–Crippen MR) is 102 cm³/mol. The molecule has 0 unspecified atom stereocenters. The molecule has 1 aliphatic rings. The molecule has 4 nitrogen and oxygen atoms in total. The number of hydrogen-bond acceptors (Lipinski definition) is 4. The summed E-state index contributed by atoms with van der Waals surface area (Å²) in [6.07, 6.45) is -4.87. The van der Waals surface area contributed by atoms with Gasteiger partial charge < -0.3 is 4.74 Å². The minimum atomic E-state index is -4.87. The highest BCUT2D eigenvalue weighted by molar-refractivity contribution is 8.04.